The van der Waals surface area contributed by atoms with Crippen LogP contribution in [0.25, 0.3) is 11.0 Å². The second-order valence-electron chi connectivity index (χ2n) is 5.44. The molecular formula is C16H16BrNO4. The standard InChI is InChI=1S/C16H16BrNO4/c1-9(13-3-2-6-21-13)18-15(19)12-8-10-7-11(17)4-5-14(10)22-16(12)20/h4-5,7-9,13H,2-3,6H2,1H3,(H,18,19)/t9-,13-/m1/s1. The van der Waals surface area contributed by atoms with Gasteiger partial charge in [0.25, 0.3) is 5.91 Å². The molecule has 1 N–H and O–H groups in total. The van der Waals surface area contributed by atoms with Gasteiger partial charge >= 0.3 is 5.63 Å². The predicted octanol–water partition coefficient (Wildman–Crippen LogP) is 2.85. The Labute approximate surface area is 135 Å². The fourth-order valence-corrected chi connectivity index (χ4v) is 3.01. The van der Waals surface area contributed by atoms with Crippen molar-refractivity contribution in [2.75, 3.05) is 6.61 Å². The fraction of sp³-hybridized carbons (Fsp3) is 0.375. The zero-order valence-corrected chi connectivity index (χ0v) is 13.7. The molecule has 2 heterocycles. The third-order valence-corrected chi connectivity index (χ3v) is 4.31. The molecule has 0 aliphatic carbocycles. The minimum Gasteiger partial charge on any atom is -0.422 e. The third-order valence-electron chi connectivity index (χ3n) is 3.82. The molecule has 2 aromatic rings. The normalized spacial score (nSPS) is 19.3. The van der Waals surface area contributed by atoms with E-state index in [1.165, 1.54) is 0 Å². The molecule has 116 valence electrons. The molecule has 1 aliphatic rings. The molecule has 0 saturated carbocycles. The molecular weight excluding hydrogens is 350 g/mol. The molecule has 1 amide bonds. The molecule has 1 aromatic carbocycles. The van der Waals surface area contributed by atoms with Crippen molar-refractivity contribution in [3.05, 3.63) is 44.7 Å². The first-order valence-corrected chi connectivity index (χ1v) is 8.00. The molecule has 5 nitrogen and oxygen atoms in total. The monoisotopic (exact) mass is 365 g/mol. The predicted molar refractivity (Wildman–Crippen MR) is 86.1 cm³/mol. The van der Waals surface area contributed by atoms with Crippen LogP contribution in [0.3, 0.4) is 0 Å². The number of halogens is 1. The van der Waals surface area contributed by atoms with Gasteiger partial charge in [-0.2, -0.15) is 0 Å². The number of nitrogens with one attached hydrogen (secondary N) is 1. The van der Waals surface area contributed by atoms with E-state index in [1.807, 2.05) is 6.92 Å². The lowest BCUT2D eigenvalue weighted by atomic mass is 10.1. The van der Waals surface area contributed by atoms with Gasteiger partial charge in [-0.3, -0.25) is 4.79 Å². The van der Waals surface area contributed by atoms with Crippen molar-refractivity contribution in [2.24, 2.45) is 0 Å². The first-order valence-electron chi connectivity index (χ1n) is 7.20. The number of hydrogen-bond donors (Lipinski definition) is 1. The highest BCUT2D eigenvalue weighted by atomic mass is 79.9. The zero-order valence-electron chi connectivity index (χ0n) is 12.1. The average Bonchev–Trinajstić information content (AvgIpc) is 3.01. The average molecular weight is 366 g/mol. The van der Waals surface area contributed by atoms with Gasteiger partial charge in [0.05, 0.1) is 12.1 Å². The number of ether oxygens (including phenoxy) is 1. The van der Waals surface area contributed by atoms with Gasteiger partial charge in [-0.25, -0.2) is 4.79 Å². The van der Waals surface area contributed by atoms with Gasteiger partial charge in [0.2, 0.25) is 0 Å². The first kappa shape index (κ1) is 15.2. The van der Waals surface area contributed by atoms with Gasteiger partial charge in [-0.15, -0.1) is 0 Å². The van der Waals surface area contributed by atoms with Gasteiger partial charge in [0.15, 0.2) is 0 Å². The molecule has 0 unspecified atom stereocenters. The van der Waals surface area contributed by atoms with Gasteiger partial charge in [-0.05, 0) is 44.0 Å². The highest BCUT2D eigenvalue weighted by Crippen LogP contribution is 2.20. The highest BCUT2D eigenvalue weighted by Gasteiger charge is 2.25. The van der Waals surface area contributed by atoms with Gasteiger partial charge in [-0.1, -0.05) is 15.9 Å². The molecule has 0 spiro atoms. The number of amides is 1. The van der Waals surface area contributed by atoms with E-state index in [1.54, 1.807) is 24.3 Å². The lowest BCUT2D eigenvalue weighted by Gasteiger charge is -2.19. The lowest BCUT2D eigenvalue weighted by molar-refractivity contribution is 0.0710. The van der Waals surface area contributed by atoms with Crippen LogP contribution in [-0.2, 0) is 4.74 Å². The molecule has 0 radical (unpaired) electrons. The minimum atomic E-state index is -0.633. The molecule has 1 fully saturated rings. The van der Waals surface area contributed by atoms with E-state index in [9.17, 15) is 9.59 Å². The molecule has 22 heavy (non-hydrogen) atoms. The highest BCUT2D eigenvalue weighted by molar-refractivity contribution is 9.10. The summed E-state index contributed by atoms with van der Waals surface area (Å²) in [5.74, 6) is -0.432. The van der Waals surface area contributed by atoms with Crippen molar-refractivity contribution in [3.8, 4) is 0 Å². The lowest BCUT2D eigenvalue weighted by Crippen LogP contribution is -2.42. The van der Waals surface area contributed by atoms with Crippen LogP contribution in [0.4, 0.5) is 0 Å². The quantitative estimate of drug-likeness (QED) is 0.849. The second kappa shape index (κ2) is 6.22. The van der Waals surface area contributed by atoms with E-state index >= 15 is 0 Å². The van der Waals surface area contributed by atoms with Crippen LogP contribution in [0, 0.1) is 0 Å². The smallest absolute Gasteiger partial charge is 0.349 e. The van der Waals surface area contributed by atoms with Crippen molar-refractivity contribution < 1.29 is 13.9 Å². The van der Waals surface area contributed by atoms with Crippen LogP contribution in [0.5, 0.6) is 0 Å². The van der Waals surface area contributed by atoms with Crippen LogP contribution < -0.4 is 10.9 Å². The summed E-state index contributed by atoms with van der Waals surface area (Å²) in [6.07, 6.45) is 1.92. The van der Waals surface area contributed by atoms with Crippen molar-refractivity contribution in [1.29, 1.82) is 0 Å². The Morgan fingerprint density at radius 1 is 1.41 bits per heavy atom. The van der Waals surface area contributed by atoms with Crippen LogP contribution in [0.15, 0.2) is 37.9 Å². The number of rotatable bonds is 3. The summed E-state index contributed by atoms with van der Waals surface area (Å²) < 4.78 is 11.6. The van der Waals surface area contributed by atoms with E-state index in [0.29, 0.717) is 11.0 Å². The topological polar surface area (TPSA) is 68.5 Å². The number of carbonyl (C=O) groups is 1. The number of hydrogen-bond acceptors (Lipinski definition) is 4. The third kappa shape index (κ3) is 3.08. The van der Waals surface area contributed by atoms with Crippen molar-refractivity contribution in [2.45, 2.75) is 31.9 Å². The number of benzene rings is 1. The van der Waals surface area contributed by atoms with E-state index in [-0.39, 0.29) is 17.7 Å². The number of fused-ring (bicyclic) bond motifs is 1. The van der Waals surface area contributed by atoms with Gasteiger partial charge < -0.3 is 14.5 Å². The Bertz CT molecular complexity index is 764. The Hall–Kier alpha value is -1.66. The molecule has 1 aliphatic heterocycles. The summed E-state index contributed by atoms with van der Waals surface area (Å²) in [6, 6.07) is 6.69. The summed E-state index contributed by atoms with van der Waals surface area (Å²) in [5, 5.41) is 3.52. The molecule has 0 bridgehead atoms. The van der Waals surface area contributed by atoms with E-state index in [2.05, 4.69) is 21.2 Å². The Morgan fingerprint density at radius 2 is 2.23 bits per heavy atom. The Balaban J connectivity index is 1.86. The molecule has 2 atom stereocenters. The van der Waals surface area contributed by atoms with E-state index in [0.717, 1.165) is 23.9 Å². The van der Waals surface area contributed by atoms with Crippen molar-refractivity contribution in [3.63, 3.8) is 0 Å². The van der Waals surface area contributed by atoms with Crippen LogP contribution in [0.2, 0.25) is 0 Å². The SMILES string of the molecule is C[C@@H](NC(=O)c1cc2cc(Br)ccc2oc1=O)[C@H]1CCCO1. The van der Waals surface area contributed by atoms with Crippen LogP contribution in [-0.4, -0.2) is 24.7 Å². The maximum Gasteiger partial charge on any atom is 0.349 e. The maximum absolute atomic E-state index is 12.3. The van der Waals surface area contributed by atoms with Gasteiger partial charge in [0.1, 0.15) is 11.1 Å². The summed E-state index contributed by atoms with van der Waals surface area (Å²) in [6.45, 7) is 2.60. The summed E-state index contributed by atoms with van der Waals surface area (Å²) >= 11 is 3.36. The largest absolute Gasteiger partial charge is 0.422 e. The summed E-state index contributed by atoms with van der Waals surface area (Å²) in [4.78, 5) is 24.3. The van der Waals surface area contributed by atoms with Gasteiger partial charge in [0, 0.05) is 16.5 Å². The first-order chi connectivity index (χ1) is 10.5. The van der Waals surface area contributed by atoms with Crippen LogP contribution in [0.1, 0.15) is 30.1 Å². The minimum absolute atomic E-state index is 0.00518. The molecule has 1 saturated heterocycles. The van der Waals surface area contributed by atoms with Crippen molar-refractivity contribution in [1.82, 2.24) is 5.32 Å². The Kier molecular flexibility index (Phi) is 4.31. The number of carbonyl (C=O) groups excluding carboxylic acids is 1. The zero-order chi connectivity index (χ0) is 15.7. The molecule has 6 heteroatoms. The van der Waals surface area contributed by atoms with Crippen molar-refractivity contribution >= 4 is 32.8 Å². The van der Waals surface area contributed by atoms with Crippen LogP contribution >= 0.6 is 15.9 Å². The maximum atomic E-state index is 12.3. The van der Waals surface area contributed by atoms with E-state index < -0.39 is 11.5 Å². The molecule has 3 rings (SSSR count). The molecule has 1 aromatic heterocycles. The van der Waals surface area contributed by atoms with E-state index in [4.69, 9.17) is 9.15 Å². The second-order valence-corrected chi connectivity index (χ2v) is 6.36. The summed E-state index contributed by atoms with van der Waals surface area (Å²) in [5.41, 5.74) is -0.167. The Morgan fingerprint density at radius 3 is 2.95 bits per heavy atom. The fourth-order valence-electron chi connectivity index (χ4n) is 2.63. The summed E-state index contributed by atoms with van der Waals surface area (Å²) in [7, 11) is 0.